The van der Waals surface area contributed by atoms with E-state index in [9.17, 15) is 4.79 Å². The fraction of sp³-hybridized carbons (Fsp3) is 0.579. The highest BCUT2D eigenvalue weighted by atomic mass is 16.2. The molecule has 146 valence electrons. The van der Waals surface area contributed by atoms with Gasteiger partial charge in [-0.1, -0.05) is 6.92 Å². The SMILES string of the molecule is CCc1cnc(CN[C@@H]2CCN(c3nc(C(=O)N(C)C)nc(C)c3C)C2)[nH]1. The van der Waals surface area contributed by atoms with Crippen LogP contribution in [0, 0.1) is 13.8 Å². The molecule has 1 aliphatic heterocycles. The van der Waals surface area contributed by atoms with Crippen LogP contribution in [0.2, 0.25) is 0 Å². The summed E-state index contributed by atoms with van der Waals surface area (Å²) in [4.78, 5) is 32.7. The van der Waals surface area contributed by atoms with Gasteiger partial charge < -0.3 is 20.1 Å². The monoisotopic (exact) mass is 371 g/mol. The smallest absolute Gasteiger partial charge is 0.291 e. The highest BCUT2D eigenvalue weighted by Gasteiger charge is 2.26. The average molecular weight is 371 g/mol. The first-order valence-corrected chi connectivity index (χ1v) is 9.47. The minimum absolute atomic E-state index is 0.169. The summed E-state index contributed by atoms with van der Waals surface area (Å²) in [5, 5.41) is 3.57. The number of hydrogen-bond donors (Lipinski definition) is 2. The summed E-state index contributed by atoms with van der Waals surface area (Å²) >= 11 is 0. The number of aryl methyl sites for hydroxylation is 2. The first kappa shape index (κ1) is 19.3. The second-order valence-electron chi connectivity index (χ2n) is 7.30. The van der Waals surface area contributed by atoms with Crippen LogP contribution in [0.25, 0.3) is 0 Å². The molecule has 1 aliphatic rings. The van der Waals surface area contributed by atoms with Gasteiger partial charge in [0, 0.05) is 56.4 Å². The zero-order valence-electron chi connectivity index (χ0n) is 16.8. The Morgan fingerprint density at radius 1 is 1.37 bits per heavy atom. The molecule has 0 aromatic carbocycles. The Bertz CT molecular complexity index is 814. The fourth-order valence-corrected chi connectivity index (χ4v) is 3.25. The van der Waals surface area contributed by atoms with Crippen molar-refractivity contribution in [3.8, 4) is 0 Å². The van der Waals surface area contributed by atoms with Gasteiger partial charge in [-0.2, -0.15) is 0 Å². The van der Waals surface area contributed by atoms with Crippen LogP contribution >= 0.6 is 0 Å². The number of nitrogens with zero attached hydrogens (tertiary/aromatic N) is 5. The minimum Gasteiger partial charge on any atom is -0.355 e. The van der Waals surface area contributed by atoms with Crippen molar-refractivity contribution in [3.63, 3.8) is 0 Å². The van der Waals surface area contributed by atoms with E-state index in [4.69, 9.17) is 0 Å². The summed E-state index contributed by atoms with van der Waals surface area (Å²) in [6, 6.07) is 0.364. The number of H-pyrrole nitrogens is 1. The molecule has 2 aromatic rings. The average Bonchev–Trinajstić information content (AvgIpc) is 3.30. The van der Waals surface area contributed by atoms with Crippen molar-refractivity contribution in [2.45, 2.75) is 46.2 Å². The number of amides is 1. The van der Waals surface area contributed by atoms with Gasteiger partial charge in [0.25, 0.3) is 5.91 Å². The lowest BCUT2D eigenvalue weighted by molar-refractivity contribution is 0.0815. The number of imidazole rings is 1. The first-order chi connectivity index (χ1) is 12.9. The van der Waals surface area contributed by atoms with Gasteiger partial charge in [-0.05, 0) is 26.7 Å². The van der Waals surface area contributed by atoms with E-state index in [1.54, 1.807) is 14.1 Å². The Kier molecular flexibility index (Phi) is 5.74. The van der Waals surface area contributed by atoms with Crippen LogP contribution in [-0.2, 0) is 13.0 Å². The van der Waals surface area contributed by atoms with Gasteiger partial charge in [0.1, 0.15) is 11.6 Å². The van der Waals surface area contributed by atoms with Crippen LogP contribution in [-0.4, -0.2) is 64.0 Å². The van der Waals surface area contributed by atoms with E-state index in [0.29, 0.717) is 6.04 Å². The van der Waals surface area contributed by atoms with Crippen molar-refractivity contribution in [3.05, 3.63) is 34.8 Å². The Morgan fingerprint density at radius 2 is 2.15 bits per heavy atom. The lowest BCUT2D eigenvalue weighted by Crippen LogP contribution is -2.33. The standard InChI is InChI=1S/C19H29N7O/c1-6-14-9-21-16(23-14)10-20-15-7-8-26(11-15)18-12(2)13(3)22-17(24-18)19(27)25(4)5/h9,15,20H,6-8,10-11H2,1-5H3,(H,21,23)/t15-/m1/s1. The number of hydrogen-bond acceptors (Lipinski definition) is 6. The third-order valence-corrected chi connectivity index (χ3v) is 5.07. The molecule has 0 unspecified atom stereocenters. The van der Waals surface area contributed by atoms with E-state index in [-0.39, 0.29) is 11.7 Å². The lowest BCUT2D eigenvalue weighted by Gasteiger charge is -2.22. The molecule has 3 rings (SSSR count). The number of carbonyl (C=O) groups is 1. The number of rotatable bonds is 6. The van der Waals surface area contributed by atoms with Gasteiger partial charge in [-0.15, -0.1) is 0 Å². The third kappa shape index (κ3) is 4.27. The van der Waals surface area contributed by atoms with Gasteiger partial charge in [0.05, 0.1) is 6.54 Å². The van der Waals surface area contributed by atoms with E-state index in [1.807, 2.05) is 20.0 Å². The van der Waals surface area contributed by atoms with Gasteiger partial charge in [0.2, 0.25) is 5.82 Å². The van der Waals surface area contributed by atoms with Crippen molar-refractivity contribution < 1.29 is 4.79 Å². The molecule has 1 amide bonds. The van der Waals surface area contributed by atoms with E-state index >= 15 is 0 Å². The lowest BCUT2D eigenvalue weighted by atomic mass is 10.2. The molecule has 0 aliphatic carbocycles. The Hall–Kier alpha value is -2.48. The zero-order valence-corrected chi connectivity index (χ0v) is 16.8. The number of aromatic amines is 1. The van der Waals surface area contributed by atoms with Gasteiger partial charge in [0.15, 0.2) is 0 Å². The van der Waals surface area contributed by atoms with Gasteiger partial charge >= 0.3 is 0 Å². The van der Waals surface area contributed by atoms with Crippen LogP contribution in [0.3, 0.4) is 0 Å². The van der Waals surface area contributed by atoms with Crippen molar-refractivity contribution in [2.24, 2.45) is 0 Å². The summed E-state index contributed by atoms with van der Waals surface area (Å²) in [6.45, 7) is 8.55. The van der Waals surface area contributed by atoms with Crippen LogP contribution < -0.4 is 10.2 Å². The Balaban J connectivity index is 1.68. The number of carbonyl (C=O) groups excluding carboxylic acids is 1. The fourth-order valence-electron chi connectivity index (χ4n) is 3.25. The number of anilines is 1. The van der Waals surface area contributed by atoms with Crippen LogP contribution in [0.5, 0.6) is 0 Å². The summed E-state index contributed by atoms with van der Waals surface area (Å²) in [5.74, 6) is 1.93. The quantitative estimate of drug-likeness (QED) is 0.799. The number of nitrogens with one attached hydrogen (secondary N) is 2. The van der Waals surface area contributed by atoms with Gasteiger partial charge in [-0.25, -0.2) is 15.0 Å². The molecule has 0 saturated carbocycles. The van der Waals surface area contributed by atoms with Crippen LogP contribution in [0.1, 0.15) is 46.7 Å². The van der Waals surface area contributed by atoms with E-state index in [0.717, 1.165) is 61.1 Å². The molecule has 1 atom stereocenters. The molecule has 2 N–H and O–H groups in total. The molecule has 27 heavy (non-hydrogen) atoms. The van der Waals surface area contributed by atoms with E-state index in [1.165, 1.54) is 4.90 Å². The van der Waals surface area contributed by atoms with Crippen molar-refractivity contribution >= 4 is 11.7 Å². The maximum Gasteiger partial charge on any atom is 0.291 e. The molecule has 1 saturated heterocycles. The van der Waals surface area contributed by atoms with E-state index < -0.39 is 0 Å². The molecule has 8 nitrogen and oxygen atoms in total. The molecule has 0 radical (unpaired) electrons. The molecule has 1 fully saturated rings. The van der Waals surface area contributed by atoms with Crippen molar-refractivity contribution in [2.75, 3.05) is 32.1 Å². The number of aromatic nitrogens is 4. The van der Waals surface area contributed by atoms with Gasteiger partial charge in [-0.3, -0.25) is 4.79 Å². The second kappa shape index (κ2) is 8.04. The minimum atomic E-state index is -0.169. The summed E-state index contributed by atoms with van der Waals surface area (Å²) in [7, 11) is 3.43. The Morgan fingerprint density at radius 3 is 2.81 bits per heavy atom. The Labute approximate surface area is 160 Å². The molecular formula is C19H29N7O. The zero-order chi connectivity index (χ0) is 19.6. The topological polar surface area (TPSA) is 90.0 Å². The summed E-state index contributed by atoms with van der Waals surface area (Å²) < 4.78 is 0. The maximum absolute atomic E-state index is 12.3. The second-order valence-corrected chi connectivity index (χ2v) is 7.30. The summed E-state index contributed by atoms with van der Waals surface area (Å²) in [5.41, 5.74) is 3.04. The third-order valence-electron chi connectivity index (χ3n) is 5.07. The first-order valence-electron chi connectivity index (χ1n) is 9.47. The van der Waals surface area contributed by atoms with Crippen LogP contribution in [0.4, 0.5) is 5.82 Å². The van der Waals surface area contributed by atoms with Crippen LogP contribution in [0.15, 0.2) is 6.20 Å². The highest BCUT2D eigenvalue weighted by molar-refractivity contribution is 5.90. The highest BCUT2D eigenvalue weighted by Crippen LogP contribution is 2.24. The molecule has 0 bridgehead atoms. The predicted octanol–water partition coefficient (Wildman–Crippen LogP) is 1.45. The largest absolute Gasteiger partial charge is 0.355 e. The molecule has 3 heterocycles. The molecule has 0 spiro atoms. The normalized spacial score (nSPS) is 16.8. The molecule has 2 aromatic heterocycles. The summed E-state index contributed by atoms with van der Waals surface area (Å²) in [6.07, 6.45) is 3.89. The molecule has 8 heteroatoms. The predicted molar refractivity (Wildman–Crippen MR) is 105 cm³/mol. The van der Waals surface area contributed by atoms with Crippen molar-refractivity contribution in [1.82, 2.24) is 30.2 Å². The van der Waals surface area contributed by atoms with E-state index in [2.05, 4.69) is 37.1 Å². The maximum atomic E-state index is 12.3. The van der Waals surface area contributed by atoms with Crippen molar-refractivity contribution in [1.29, 1.82) is 0 Å². The molecular weight excluding hydrogens is 342 g/mol.